The number of carbonyl (C=O) groups excluding carboxylic acids is 5. The van der Waals surface area contributed by atoms with Gasteiger partial charge in [-0.2, -0.15) is 0 Å². The molecule has 2 amide bonds. The molecule has 24 heteroatoms. The summed E-state index contributed by atoms with van der Waals surface area (Å²) in [5.41, 5.74) is 9.03. The third kappa shape index (κ3) is 18.6. The van der Waals surface area contributed by atoms with Crippen molar-refractivity contribution in [3.8, 4) is 17.2 Å². The number of Topliss-reactive ketones (excluding diaryl/α,β-unsaturated/α-hetero) is 3. The summed E-state index contributed by atoms with van der Waals surface area (Å²) >= 11 is 0. The Morgan fingerprint density at radius 1 is 0.605 bits per heavy atom. The lowest BCUT2D eigenvalue weighted by atomic mass is 10.0. The molecule has 430 valence electrons. The van der Waals surface area contributed by atoms with E-state index in [9.17, 15) is 28.8 Å². The Hall–Kier alpha value is -8.96. The van der Waals surface area contributed by atoms with Crippen LogP contribution in [0.3, 0.4) is 0 Å². The molecular formula is C57H69ClN12O11. The molecule has 8 heterocycles. The number of hydrogen-bond donors (Lipinski definition) is 6. The molecule has 7 aromatic rings. The van der Waals surface area contributed by atoms with Crippen molar-refractivity contribution in [1.82, 2.24) is 55.9 Å². The summed E-state index contributed by atoms with van der Waals surface area (Å²) in [6, 6.07) is 27.9. The van der Waals surface area contributed by atoms with Crippen molar-refractivity contribution in [2.45, 2.75) is 131 Å². The largest absolute Gasteiger partial charge is 0.487 e. The van der Waals surface area contributed by atoms with Gasteiger partial charge in [-0.05, 0) is 89.1 Å². The van der Waals surface area contributed by atoms with Crippen LogP contribution in [-0.2, 0) is 51.2 Å². The van der Waals surface area contributed by atoms with E-state index in [4.69, 9.17) is 29.8 Å². The minimum Gasteiger partial charge on any atom is -0.487 e. The highest BCUT2D eigenvalue weighted by molar-refractivity contribution is 5.96. The number of carboxylic acid groups (broad SMARTS) is 1. The van der Waals surface area contributed by atoms with E-state index in [1.807, 2.05) is 66.7 Å². The molecule has 3 aliphatic rings. The number of carboxylic acids is 1. The van der Waals surface area contributed by atoms with Crippen molar-refractivity contribution in [2.24, 2.45) is 5.73 Å². The number of benzene rings is 2. The zero-order valence-corrected chi connectivity index (χ0v) is 44.9. The highest BCUT2D eigenvalue weighted by Gasteiger charge is 2.36. The Balaban J connectivity index is 0.000000238. The first-order chi connectivity index (χ1) is 37.3. The summed E-state index contributed by atoms with van der Waals surface area (Å²) in [4.78, 5) is 91.9. The van der Waals surface area contributed by atoms with E-state index >= 15 is 0 Å². The number of aromatic carboxylic acids is 1. The van der Waals surface area contributed by atoms with Gasteiger partial charge in [0, 0.05) is 31.4 Å². The molecule has 0 fully saturated rings. The van der Waals surface area contributed by atoms with Crippen LogP contribution in [0.25, 0.3) is 0 Å². The first-order valence-corrected chi connectivity index (χ1v) is 24.9. The molecule has 0 unspecified atom stereocenters. The molecule has 0 spiro atoms. The van der Waals surface area contributed by atoms with Gasteiger partial charge in [-0.1, -0.05) is 75.5 Å². The number of pyridine rings is 3. The Labute approximate surface area is 475 Å². The summed E-state index contributed by atoms with van der Waals surface area (Å²) in [6.45, 7) is 10.6. The maximum absolute atomic E-state index is 12.6. The predicted molar refractivity (Wildman–Crippen MR) is 300 cm³/mol. The molecule has 2 aromatic carbocycles. The quantitative estimate of drug-likeness (QED) is 0.0953. The molecule has 81 heavy (non-hydrogen) atoms. The van der Waals surface area contributed by atoms with Gasteiger partial charge in [-0.25, -0.2) is 19.6 Å². The van der Waals surface area contributed by atoms with E-state index in [-0.39, 0.29) is 81.6 Å². The van der Waals surface area contributed by atoms with Gasteiger partial charge in [-0.15, -0.1) is 22.6 Å². The van der Waals surface area contributed by atoms with Crippen molar-refractivity contribution in [1.29, 1.82) is 0 Å². The van der Waals surface area contributed by atoms with Crippen LogP contribution in [0.15, 0.2) is 116 Å². The number of amides is 2. The molecule has 0 saturated heterocycles. The van der Waals surface area contributed by atoms with Crippen molar-refractivity contribution in [3.63, 3.8) is 0 Å². The molecule has 0 radical (unpaired) electrons. The molecule has 10 rings (SSSR count). The molecule has 0 saturated carbocycles. The number of aromatic nitrogens is 9. The summed E-state index contributed by atoms with van der Waals surface area (Å²) in [6.07, 6.45) is 4.51. The van der Waals surface area contributed by atoms with Crippen LogP contribution in [0.2, 0.25) is 0 Å². The van der Waals surface area contributed by atoms with Gasteiger partial charge in [0.15, 0.2) is 17.3 Å². The average molecular weight is 1130 g/mol. The second kappa shape index (κ2) is 29.9. The van der Waals surface area contributed by atoms with E-state index in [1.54, 1.807) is 90.5 Å². The Morgan fingerprint density at radius 3 is 1.42 bits per heavy atom. The van der Waals surface area contributed by atoms with Gasteiger partial charge in [0.05, 0.1) is 36.3 Å². The van der Waals surface area contributed by atoms with E-state index in [0.29, 0.717) is 58.8 Å². The van der Waals surface area contributed by atoms with Crippen LogP contribution >= 0.6 is 12.4 Å². The normalized spacial score (nSPS) is 18.5. The van der Waals surface area contributed by atoms with Crippen molar-refractivity contribution >= 4 is 47.7 Å². The lowest BCUT2D eigenvalue weighted by Gasteiger charge is -2.25. The van der Waals surface area contributed by atoms with Gasteiger partial charge < -0.3 is 40.4 Å². The maximum atomic E-state index is 12.6. The minimum absolute atomic E-state index is 0. The monoisotopic (exact) mass is 1130 g/mol. The molecule has 23 nitrogen and oxygen atoms in total. The highest BCUT2D eigenvalue weighted by Crippen LogP contribution is 2.26. The van der Waals surface area contributed by atoms with Gasteiger partial charge in [-0.3, -0.25) is 44.3 Å². The first-order valence-electron chi connectivity index (χ1n) is 24.9. The Bertz CT molecular complexity index is 3210. The van der Waals surface area contributed by atoms with Crippen LogP contribution in [0.1, 0.15) is 117 Å². The Morgan fingerprint density at radius 2 is 1.00 bits per heavy atom. The van der Waals surface area contributed by atoms with Crippen molar-refractivity contribution in [3.05, 3.63) is 167 Å². The van der Waals surface area contributed by atoms with Crippen molar-refractivity contribution < 1.29 is 52.8 Å². The molecule has 5 aromatic heterocycles. The van der Waals surface area contributed by atoms with Crippen molar-refractivity contribution in [2.75, 3.05) is 0 Å². The molecule has 0 bridgehead atoms. The van der Waals surface area contributed by atoms with E-state index in [2.05, 4.69) is 55.9 Å². The molecule has 0 aliphatic carbocycles. The number of nitrogens with zero attached hydrogens (tertiary/aromatic N) is 7. The second-order valence-corrected chi connectivity index (χ2v) is 19.2. The lowest BCUT2D eigenvalue weighted by molar-refractivity contribution is -0.122. The minimum atomic E-state index is -1.12. The molecule has 3 aliphatic heterocycles. The fourth-order valence-electron chi connectivity index (χ4n) is 7.98. The average Bonchev–Trinajstić information content (AvgIpc) is 4.02. The lowest BCUT2D eigenvalue weighted by Crippen LogP contribution is -2.50. The standard InChI is InChI=1S/C20H19N5O3.C15H20N2O4.C10H9N3O2.C10H12N2O2.2CH4.ClH/c1-12-18(15(26)11-14-16(28-12)8-5-9-21-14)23-20(27)19-22-17(24-25-19)10-13-6-3-2-4-7-13;1-9-13(17-14(19)21-15(2,3)4)11(18)8-10-12(20-9)6-5-7-16-10;14-10(15)9-11-8(12-13-9)6-7-4-2-1-3-5-7;1-6-10(11)8(13)5-7-9(14-6)3-2-4-12-7;;;/h2-9,12,18H,10-11H2,1H3,(H,23,27)(H,22,24,25);5-7,9,13H,8H2,1-4H3,(H,17,19);1-5H,6H2,(H,14,15)(H,11,12,13);2-4,6,10H,5,11H2,1H3;2*1H4;1H/t12-,18+;9-,13+;;6-,10+;;;/m11.1.../s1. The number of ether oxygens (including phenoxy) is 4. The topological polar surface area (TPSA) is 331 Å². The number of carbonyl (C=O) groups is 6. The van der Waals surface area contributed by atoms with Crippen LogP contribution in [0.4, 0.5) is 4.79 Å². The zero-order valence-electron chi connectivity index (χ0n) is 44.1. The summed E-state index contributed by atoms with van der Waals surface area (Å²) in [5.74, 6) is 0.749. The van der Waals surface area contributed by atoms with Crippen LogP contribution < -0.4 is 30.6 Å². The molecule has 6 atom stereocenters. The van der Waals surface area contributed by atoms with E-state index < -0.39 is 53.9 Å². The number of nitrogens with two attached hydrogens (primary N) is 1. The number of fused-ring (bicyclic) bond motifs is 3. The number of ketones is 3. The van der Waals surface area contributed by atoms with Gasteiger partial charge in [0.25, 0.3) is 11.7 Å². The SMILES string of the molecule is C.C.C[C@H]1Oc2cccnc2CC(=O)[C@H]1N.C[C@H]1Oc2cccnc2CC(=O)[C@H]1NC(=O)OC(C)(C)C.C[C@H]1Oc2cccnc2CC(=O)[C@H]1NC(=O)c1n[nH]c(Cc2ccccc2)n1.Cl.O=C(O)c1n[nH]c(Cc2ccccc2)n1. The number of alkyl carbamates (subject to hydrolysis) is 1. The highest BCUT2D eigenvalue weighted by atomic mass is 35.5. The van der Waals surface area contributed by atoms with Gasteiger partial charge in [0.1, 0.15) is 70.9 Å². The third-order valence-corrected chi connectivity index (χ3v) is 11.9. The smallest absolute Gasteiger partial charge is 0.408 e. The molecule has 7 N–H and O–H groups in total. The van der Waals surface area contributed by atoms with Gasteiger partial charge >= 0.3 is 12.1 Å². The predicted octanol–water partition coefficient (Wildman–Crippen LogP) is 6.44. The van der Waals surface area contributed by atoms with Crippen LogP contribution in [-0.4, -0.2) is 128 Å². The molecular weight excluding hydrogens is 1060 g/mol. The number of halogens is 1. The zero-order chi connectivity index (χ0) is 55.9. The number of hydrogen-bond acceptors (Lipinski definition) is 18. The summed E-state index contributed by atoms with van der Waals surface area (Å²) in [5, 5.41) is 26.8. The second-order valence-electron chi connectivity index (χ2n) is 19.2. The third-order valence-electron chi connectivity index (χ3n) is 11.9. The summed E-state index contributed by atoms with van der Waals surface area (Å²) in [7, 11) is 0. The van der Waals surface area contributed by atoms with Crippen LogP contribution in [0, 0.1) is 0 Å². The van der Waals surface area contributed by atoms with E-state index in [0.717, 1.165) is 11.1 Å². The van der Waals surface area contributed by atoms with Gasteiger partial charge in [0.2, 0.25) is 5.82 Å². The van der Waals surface area contributed by atoms with Crippen LogP contribution in [0.5, 0.6) is 17.2 Å². The number of nitrogens with one attached hydrogen (secondary N) is 4. The number of H-pyrrole nitrogens is 2. The fourth-order valence-corrected chi connectivity index (χ4v) is 7.98. The fraction of sp³-hybridized carbons (Fsp3) is 0.351. The Kier molecular flexibility index (Phi) is 23.8. The number of rotatable bonds is 8. The van der Waals surface area contributed by atoms with E-state index in [1.165, 1.54) is 0 Å². The number of aromatic amines is 2. The maximum Gasteiger partial charge on any atom is 0.408 e. The first kappa shape index (κ1) is 64.6. The summed E-state index contributed by atoms with van der Waals surface area (Å²) < 4.78 is 22.2.